The summed E-state index contributed by atoms with van der Waals surface area (Å²) in [6.07, 6.45) is -2.67. The number of benzene rings is 2. The Kier molecular flexibility index (Phi) is 12.8. The number of hydrogen-bond acceptors (Lipinski definition) is 8. The fraction of sp³-hybridized carbons (Fsp3) is 0.355. The molecule has 1 N–H and O–H groups in total. The van der Waals surface area contributed by atoms with Gasteiger partial charge in [0, 0.05) is 42.1 Å². The lowest BCUT2D eigenvalue weighted by Gasteiger charge is -2.22. The Hall–Kier alpha value is -4.52. The van der Waals surface area contributed by atoms with Gasteiger partial charge in [0.1, 0.15) is 0 Å². The summed E-state index contributed by atoms with van der Waals surface area (Å²) in [6.45, 7) is 0. The van der Waals surface area contributed by atoms with E-state index in [0.717, 1.165) is 29.2 Å². The van der Waals surface area contributed by atoms with Crippen molar-refractivity contribution in [3.8, 4) is 11.3 Å². The van der Waals surface area contributed by atoms with Crippen molar-refractivity contribution in [2.45, 2.75) is 57.2 Å². The van der Waals surface area contributed by atoms with Gasteiger partial charge in [-0.1, -0.05) is 23.7 Å². The van der Waals surface area contributed by atoms with Crippen LogP contribution < -0.4 is 10.2 Å². The molecular weight excluding hydrogens is 617 g/mol. The zero-order chi connectivity index (χ0) is 33.0. The Morgan fingerprint density at radius 2 is 1.64 bits per heavy atom. The van der Waals surface area contributed by atoms with E-state index in [9.17, 15) is 32.3 Å². The molecule has 0 aliphatic heterocycles. The number of aromatic nitrogens is 2. The van der Waals surface area contributed by atoms with Crippen molar-refractivity contribution in [3.05, 3.63) is 71.4 Å². The zero-order valence-electron chi connectivity index (χ0n) is 24.6. The standard InChI is InChI=1S/C31H32ClF3N4O6/c1-44-28(42)11-4-8-23(19-29(43)45-2)37-26(40)9-5-10-27(41)39(24-14-12-21(13-15-24)31(33,34)35)30-36-17-16-25(38-30)20-6-3-7-22(32)18-20/h3,6-7,12-18,23H,4-5,8-11,19H2,1-2H3,(H,37,40)/t23-/m1/s1. The van der Waals surface area contributed by atoms with E-state index in [1.54, 1.807) is 30.3 Å². The van der Waals surface area contributed by atoms with Crippen LogP contribution in [0, 0.1) is 0 Å². The molecule has 3 rings (SSSR count). The second kappa shape index (κ2) is 16.5. The van der Waals surface area contributed by atoms with Crippen molar-refractivity contribution in [1.29, 1.82) is 0 Å². The quantitative estimate of drug-likeness (QED) is 0.210. The van der Waals surface area contributed by atoms with Crippen LogP contribution in [-0.4, -0.2) is 54.0 Å². The zero-order valence-corrected chi connectivity index (χ0v) is 25.4. The van der Waals surface area contributed by atoms with E-state index in [0.29, 0.717) is 29.1 Å². The second-order valence-corrected chi connectivity index (χ2v) is 10.3. The predicted octanol–water partition coefficient (Wildman–Crippen LogP) is 6.04. The minimum absolute atomic E-state index is 0.0723. The van der Waals surface area contributed by atoms with Crippen LogP contribution in [0.25, 0.3) is 11.3 Å². The van der Waals surface area contributed by atoms with Crippen molar-refractivity contribution in [3.63, 3.8) is 0 Å². The van der Waals surface area contributed by atoms with Gasteiger partial charge in [-0.25, -0.2) is 14.9 Å². The molecule has 0 aliphatic rings. The average molecular weight is 649 g/mol. The number of nitrogens with zero attached hydrogens (tertiary/aromatic N) is 3. The van der Waals surface area contributed by atoms with Crippen molar-refractivity contribution < 1.29 is 41.8 Å². The predicted molar refractivity (Wildman–Crippen MR) is 159 cm³/mol. The van der Waals surface area contributed by atoms with E-state index in [-0.39, 0.29) is 43.7 Å². The second-order valence-electron chi connectivity index (χ2n) is 9.89. The van der Waals surface area contributed by atoms with Crippen molar-refractivity contribution in [1.82, 2.24) is 15.3 Å². The van der Waals surface area contributed by atoms with Gasteiger partial charge in [-0.3, -0.25) is 19.2 Å². The SMILES string of the molecule is COC(=O)CCC[C@H](CC(=O)OC)NC(=O)CCCC(=O)N(c1ccc(C(F)(F)F)cc1)c1nccc(-c2cccc(Cl)c2)n1. The van der Waals surface area contributed by atoms with Crippen LogP contribution in [0.15, 0.2) is 60.8 Å². The van der Waals surface area contributed by atoms with E-state index in [1.807, 2.05) is 0 Å². The summed E-state index contributed by atoms with van der Waals surface area (Å²) in [7, 11) is 2.48. The molecule has 0 bridgehead atoms. The van der Waals surface area contributed by atoms with Crippen LogP contribution in [0.3, 0.4) is 0 Å². The number of carbonyl (C=O) groups excluding carboxylic acids is 4. The molecule has 1 heterocycles. The minimum Gasteiger partial charge on any atom is -0.469 e. The van der Waals surface area contributed by atoms with Gasteiger partial charge < -0.3 is 14.8 Å². The Labute approximate surface area is 262 Å². The maximum atomic E-state index is 13.5. The van der Waals surface area contributed by atoms with E-state index in [4.69, 9.17) is 11.6 Å². The number of amides is 2. The molecular formula is C31H32ClF3N4O6. The largest absolute Gasteiger partial charge is 0.469 e. The lowest BCUT2D eigenvalue weighted by atomic mass is 10.1. The van der Waals surface area contributed by atoms with Crippen molar-refractivity contribution >= 4 is 47.0 Å². The van der Waals surface area contributed by atoms with Crippen molar-refractivity contribution in [2.24, 2.45) is 0 Å². The van der Waals surface area contributed by atoms with Gasteiger partial charge in [0.2, 0.25) is 17.8 Å². The Bertz CT molecular complexity index is 1490. The van der Waals surface area contributed by atoms with Gasteiger partial charge >= 0.3 is 18.1 Å². The molecule has 3 aromatic rings. The molecule has 1 atom stereocenters. The molecule has 240 valence electrons. The highest BCUT2D eigenvalue weighted by Crippen LogP contribution is 2.33. The van der Waals surface area contributed by atoms with Gasteiger partial charge in [0.05, 0.1) is 37.6 Å². The lowest BCUT2D eigenvalue weighted by Crippen LogP contribution is -2.37. The number of carbonyl (C=O) groups is 4. The van der Waals surface area contributed by atoms with E-state index >= 15 is 0 Å². The first-order valence-electron chi connectivity index (χ1n) is 13.9. The van der Waals surface area contributed by atoms with Gasteiger partial charge in [0.15, 0.2) is 0 Å². The molecule has 0 aliphatic carbocycles. The van der Waals surface area contributed by atoms with Gasteiger partial charge in [-0.05, 0) is 61.7 Å². The highest BCUT2D eigenvalue weighted by Gasteiger charge is 2.31. The van der Waals surface area contributed by atoms with Crippen molar-refractivity contribution in [2.75, 3.05) is 19.1 Å². The average Bonchev–Trinajstić information content (AvgIpc) is 3.01. The fourth-order valence-corrected chi connectivity index (χ4v) is 4.54. The maximum Gasteiger partial charge on any atom is 0.416 e. The summed E-state index contributed by atoms with van der Waals surface area (Å²) in [5, 5.41) is 3.19. The first kappa shape index (κ1) is 35.0. The number of nitrogens with one attached hydrogen (secondary N) is 1. The smallest absolute Gasteiger partial charge is 0.416 e. The summed E-state index contributed by atoms with van der Waals surface area (Å²) in [4.78, 5) is 59.2. The van der Waals surface area contributed by atoms with Gasteiger partial charge in [0.25, 0.3) is 0 Å². The van der Waals surface area contributed by atoms with Gasteiger partial charge in [-0.2, -0.15) is 13.2 Å². The number of esters is 2. The third-order valence-corrected chi connectivity index (χ3v) is 6.86. The molecule has 0 saturated heterocycles. The monoisotopic (exact) mass is 648 g/mol. The molecule has 2 amide bonds. The number of rotatable bonds is 14. The number of alkyl halides is 3. The molecule has 0 unspecified atom stereocenters. The number of halogens is 4. The molecule has 0 spiro atoms. The fourth-order valence-electron chi connectivity index (χ4n) is 4.35. The topological polar surface area (TPSA) is 128 Å². The first-order valence-corrected chi connectivity index (χ1v) is 14.3. The lowest BCUT2D eigenvalue weighted by molar-refractivity contribution is -0.141. The van der Waals surface area contributed by atoms with Crippen LogP contribution >= 0.6 is 11.6 Å². The Morgan fingerprint density at radius 3 is 2.29 bits per heavy atom. The van der Waals surface area contributed by atoms with Gasteiger partial charge in [-0.15, -0.1) is 0 Å². The summed E-state index contributed by atoms with van der Waals surface area (Å²) in [5.41, 5.74) is 0.271. The molecule has 45 heavy (non-hydrogen) atoms. The Morgan fingerprint density at radius 1 is 0.933 bits per heavy atom. The van der Waals surface area contributed by atoms with Crippen LogP contribution in [0.2, 0.25) is 5.02 Å². The maximum absolute atomic E-state index is 13.5. The number of anilines is 2. The molecule has 2 aromatic carbocycles. The summed E-state index contributed by atoms with van der Waals surface area (Å²) >= 11 is 6.11. The highest BCUT2D eigenvalue weighted by molar-refractivity contribution is 6.30. The molecule has 0 radical (unpaired) electrons. The third-order valence-electron chi connectivity index (χ3n) is 6.63. The number of methoxy groups -OCH3 is 2. The molecule has 14 heteroatoms. The summed E-state index contributed by atoms with van der Waals surface area (Å²) in [6, 6.07) is 11.8. The van der Waals surface area contributed by atoms with Crippen LogP contribution in [0.5, 0.6) is 0 Å². The van der Waals surface area contributed by atoms with Crippen LogP contribution in [-0.2, 0) is 34.8 Å². The summed E-state index contributed by atoms with van der Waals surface area (Å²) < 4.78 is 49.0. The third kappa shape index (κ3) is 10.9. The van der Waals surface area contributed by atoms with E-state index < -0.39 is 41.5 Å². The molecule has 0 fully saturated rings. The van der Waals surface area contributed by atoms with E-state index in [2.05, 4.69) is 24.8 Å². The Balaban J connectivity index is 1.76. The molecule has 0 saturated carbocycles. The minimum atomic E-state index is -4.57. The van der Waals surface area contributed by atoms with E-state index in [1.165, 1.54) is 20.4 Å². The summed E-state index contributed by atoms with van der Waals surface area (Å²) in [5.74, 6) is -2.03. The van der Waals surface area contributed by atoms with Crippen LogP contribution in [0.4, 0.5) is 24.8 Å². The first-order chi connectivity index (χ1) is 21.4. The molecule has 1 aromatic heterocycles. The van der Waals surface area contributed by atoms with Crippen LogP contribution in [0.1, 0.15) is 50.5 Å². The number of ether oxygens (including phenoxy) is 2. The number of hydrogen-bond donors (Lipinski definition) is 1. The normalized spacial score (nSPS) is 11.8. The molecule has 10 nitrogen and oxygen atoms in total. The highest BCUT2D eigenvalue weighted by atomic mass is 35.5.